The highest BCUT2D eigenvalue weighted by atomic mass is 79.9. The molecule has 0 saturated heterocycles. The minimum absolute atomic E-state index is 0. The second-order valence-corrected chi connectivity index (χ2v) is 14.3. The molecule has 2 aromatic carbocycles. The van der Waals surface area contributed by atoms with Crippen LogP contribution in [-0.2, 0) is 23.6 Å². The van der Waals surface area contributed by atoms with Gasteiger partial charge in [-0.3, -0.25) is 14.3 Å². The number of rotatable bonds is 5. The van der Waals surface area contributed by atoms with Gasteiger partial charge in [0.2, 0.25) is 0 Å². The number of nitrogens with zero attached hydrogens (tertiary/aromatic N) is 3. The minimum Gasteiger partial charge on any atom is -0.406 e. The molecule has 3 heterocycles. The minimum atomic E-state index is -4.93. The number of fused-ring (bicyclic) bond motifs is 1. The Kier molecular flexibility index (Phi) is 14.0. The lowest BCUT2D eigenvalue weighted by Gasteiger charge is -2.19. The van der Waals surface area contributed by atoms with Crippen molar-refractivity contribution in [1.82, 2.24) is 14.8 Å². The zero-order valence-corrected chi connectivity index (χ0v) is 31.0. The number of aryl methyl sites for hydroxylation is 3. The molecule has 51 heavy (non-hydrogen) atoms. The van der Waals surface area contributed by atoms with Crippen molar-refractivity contribution in [1.29, 1.82) is 0 Å². The lowest BCUT2D eigenvalue weighted by molar-refractivity contribution is -0.274. The van der Waals surface area contributed by atoms with Gasteiger partial charge in [0.1, 0.15) is 15.8 Å². The van der Waals surface area contributed by atoms with E-state index in [2.05, 4.69) is 57.3 Å². The number of anilines is 2. The lowest BCUT2D eigenvalue weighted by atomic mass is 9.93. The van der Waals surface area contributed by atoms with E-state index in [1.165, 1.54) is 11.6 Å². The first-order valence-electron chi connectivity index (χ1n) is 13.9. The first kappa shape index (κ1) is 44.0. The van der Waals surface area contributed by atoms with Crippen molar-refractivity contribution in [3.05, 3.63) is 82.4 Å². The summed E-state index contributed by atoms with van der Waals surface area (Å²) in [4.78, 5) is 27.5. The molecule has 1 unspecified atom stereocenters. The number of halogens is 9. The molecule has 2 aromatic heterocycles. The van der Waals surface area contributed by atoms with Crippen molar-refractivity contribution in [2.45, 2.75) is 73.7 Å². The van der Waals surface area contributed by atoms with Crippen molar-refractivity contribution in [2.75, 3.05) is 10.6 Å². The third-order valence-electron chi connectivity index (χ3n) is 6.96. The van der Waals surface area contributed by atoms with Crippen LogP contribution in [0, 0.1) is 13.8 Å². The number of carbonyl (C=O) groups excluding carboxylic acids is 2. The van der Waals surface area contributed by atoms with E-state index in [1.807, 2.05) is 39.0 Å². The summed E-state index contributed by atoms with van der Waals surface area (Å²) in [5.41, 5.74) is 2.11. The molecular weight excluding hydrogens is 860 g/mol. The fourth-order valence-corrected chi connectivity index (χ4v) is 7.52. The molecule has 2 amide bonds. The van der Waals surface area contributed by atoms with E-state index in [9.17, 15) is 35.9 Å². The number of carbonyl (C=O) groups is 2. The van der Waals surface area contributed by atoms with Crippen molar-refractivity contribution >= 4 is 78.0 Å². The van der Waals surface area contributed by atoms with E-state index in [-0.39, 0.29) is 52.1 Å². The average Bonchev–Trinajstić information content (AvgIpc) is 3.55. The highest BCUT2D eigenvalue weighted by Gasteiger charge is 2.40. The molecule has 0 radical (unpaired) electrons. The molecule has 1 aliphatic heterocycles. The van der Waals surface area contributed by atoms with Crippen molar-refractivity contribution in [2.24, 2.45) is 7.05 Å². The van der Waals surface area contributed by atoms with Crippen LogP contribution in [0.1, 0.15) is 89.3 Å². The van der Waals surface area contributed by atoms with Gasteiger partial charge in [-0.1, -0.05) is 38.6 Å². The van der Waals surface area contributed by atoms with Crippen LogP contribution < -0.4 is 15.4 Å². The Morgan fingerprint density at radius 3 is 2.14 bits per heavy atom. The zero-order valence-electron chi connectivity index (χ0n) is 26.2. The van der Waals surface area contributed by atoms with E-state index in [1.54, 1.807) is 14.0 Å². The van der Waals surface area contributed by atoms with Crippen LogP contribution in [0.2, 0.25) is 5.15 Å². The Balaban J connectivity index is 0.000000342. The molecule has 0 bridgehead atoms. The van der Waals surface area contributed by atoms with Gasteiger partial charge in [-0.05, 0) is 90.2 Å². The first-order chi connectivity index (χ1) is 22.5. The summed E-state index contributed by atoms with van der Waals surface area (Å²) < 4.78 is 86.8. The number of amides is 2. The summed E-state index contributed by atoms with van der Waals surface area (Å²) in [7, 11) is 1.71. The van der Waals surface area contributed by atoms with Crippen LogP contribution in [0.25, 0.3) is 0 Å². The molecular formula is C32H34Br2ClF6N5O4S. The van der Waals surface area contributed by atoms with E-state index < -0.39 is 34.8 Å². The van der Waals surface area contributed by atoms with Crippen molar-refractivity contribution in [3.8, 4) is 5.75 Å². The van der Waals surface area contributed by atoms with Crippen LogP contribution >= 0.6 is 54.8 Å². The molecule has 2 N–H and O–H groups in total. The summed E-state index contributed by atoms with van der Waals surface area (Å²) >= 11 is 12.6. The fraction of sp³-hybridized carbons (Fsp3) is 0.375. The standard InChI is InChI=1S/C17H20ClN3O2.C13H6Br2F6N2O2S.2CH4/c1-9-13(15(18)21(5)20-9)16(22)19-12-8-6-7-11-14(12)10(2)23-17(11,3)4;1-4-22-10(12(16,17)18)9(26-4)11(24)23-8-6(14)2-5(3-7(8)15)25-13(19,20)21;;/h6-8,10H,1-5H3,(H,19,22);2-3H,1H3,(H,23,24);2*1H4. The average molecular weight is 894 g/mol. The van der Waals surface area contributed by atoms with Gasteiger partial charge in [-0.25, -0.2) is 4.98 Å². The molecule has 19 heteroatoms. The molecule has 4 aromatic rings. The maximum atomic E-state index is 13.0. The highest BCUT2D eigenvalue weighted by molar-refractivity contribution is 9.11. The monoisotopic (exact) mass is 891 g/mol. The summed E-state index contributed by atoms with van der Waals surface area (Å²) in [6, 6.07) is 7.68. The molecule has 280 valence electrons. The molecule has 0 fully saturated rings. The number of aromatic nitrogens is 3. The first-order valence-corrected chi connectivity index (χ1v) is 16.7. The Morgan fingerprint density at radius 1 is 1.04 bits per heavy atom. The quantitative estimate of drug-likeness (QED) is 0.193. The zero-order chi connectivity index (χ0) is 36.8. The summed E-state index contributed by atoms with van der Waals surface area (Å²) in [6.45, 7) is 9.13. The Hall–Kier alpha value is -3.19. The number of alkyl halides is 6. The Morgan fingerprint density at radius 2 is 1.63 bits per heavy atom. The Bertz CT molecular complexity index is 1910. The predicted molar refractivity (Wildman–Crippen MR) is 192 cm³/mol. The van der Waals surface area contributed by atoms with Crippen LogP contribution in [0.15, 0.2) is 39.3 Å². The van der Waals surface area contributed by atoms with Crippen molar-refractivity contribution < 1.29 is 45.4 Å². The molecule has 1 atom stereocenters. The SMILES string of the molecule is C.C.Cc1nc(C(F)(F)F)c(C(=O)Nc2c(Br)cc(OC(F)(F)F)cc2Br)s1.Cc1nn(C)c(Cl)c1C(=O)Nc1cccc2c1C(C)OC2(C)C. The maximum absolute atomic E-state index is 13.0. The van der Waals surface area contributed by atoms with Gasteiger partial charge in [0.05, 0.1) is 33.7 Å². The number of hydrogen-bond acceptors (Lipinski definition) is 7. The second-order valence-electron chi connectivity index (χ2n) is 11.0. The number of hydrogen-bond donors (Lipinski definition) is 2. The van der Waals surface area contributed by atoms with Crippen LogP contribution in [0.3, 0.4) is 0 Å². The normalized spacial score (nSPS) is 14.7. The number of nitrogens with one attached hydrogen (secondary N) is 2. The molecule has 5 rings (SSSR count). The molecule has 0 spiro atoms. The smallest absolute Gasteiger partial charge is 0.406 e. The van der Waals surface area contributed by atoms with E-state index in [0.717, 1.165) is 28.9 Å². The van der Waals surface area contributed by atoms with Gasteiger partial charge < -0.3 is 20.1 Å². The van der Waals surface area contributed by atoms with E-state index in [0.29, 0.717) is 27.7 Å². The van der Waals surface area contributed by atoms with Gasteiger partial charge in [0.25, 0.3) is 11.8 Å². The molecule has 0 saturated carbocycles. The molecule has 1 aliphatic rings. The van der Waals surface area contributed by atoms with Gasteiger partial charge in [-0.15, -0.1) is 24.5 Å². The van der Waals surface area contributed by atoms with Crippen LogP contribution in [0.5, 0.6) is 5.75 Å². The fourth-order valence-electron chi connectivity index (χ4n) is 5.08. The van der Waals surface area contributed by atoms with Crippen LogP contribution in [-0.4, -0.2) is 32.9 Å². The second kappa shape index (κ2) is 16.2. The lowest BCUT2D eigenvalue weighted by Crippen LogP contribution is -2.18. The van der Waals surface area contributed by atoms with E-state index in [4.69, 9.17) is 16.3 Å². The number of thiazole rings is 1. The van der Waals surface area contributed by atoms with Gasteiger partial charge in [0, 0.05) is 27.2 Å². The largest absolute Gasteiger partial charge is 0.573 e. The van der Waals surface area contributed by atoms with Crippen LogP contribution in [0.4, 0.5) is 37.7 Å². The molecule has 0 aliphatic carbocycles. The Labute approximate surface area is 316 Å². The third-order valence-corrected chi connectivity index (χ3v) is 9.61. The van der Waals surface area contributed by atoms with Gasteiger partial charge in [0.15, 0.2) is 5.69 Å². The van der Waals surface area contributed by atoms with Gasteiger partial charge >= 0.3 is 12.5 Å². The number of ether oxygens (including phenoxy) is 2. The summed E-state index contributed by atoms with van der Waals surface area (Å²) in [6.07, 6.45) is -9.83. The maximum Gasteiger partial charge on any atom is 0.573 e. The van der Waals surface area contributed by atoms with Gasteiger partial charge in [-0.2, -0.15) is 18.3 Å². The van der Waals surface area contributed by atoms with Crippen molar-refractivity contribution in [3.63, 3.8) is 0 Å². The molecule has 9 nitrogen and oxygen atoms in total. The predicted octanol–water partition coefficient (Wildman–Crippen LogP) is 11.4. The number of benzene rings is 2. The third kappa shape index (κ3) is 10.0. The highest BCUT2D eigenvalue weighted by Crippen LogP contribution is 2.46. The topological polar surface area (TPSA) is 107 Å². The summed E-state index contributed by atoms with van der Waals surface area (Å²) in [5.74, 6) is -1.95. The summed E-state index contributed by atoms with van der Waals surface area (Å²) in [5, 5.41) is 9.73. The van der Waals surface area contributed by atoms with E-state index >= 15 is 0 Å².